The van der Waals surface area contributed by atoms with E-state index in [1.54, 1.807) is 0 Å². The largest absolute Gasteiger partial charge is 0.370 e. The zero-order valence-corrected chi connectivity index (χ0v) is 9.31. The third-order valence-corrected chi connectivity index (χ3v) is 2.33. The number of hydrogen-bond donors (Lipinski definition) is 4. The molecular formula is C8H14ClN5O. The van der Waals surface area contributed by atoms with Gasteiger partial charge in [0.15, 0.2) is 12.3 Å². The van der Waals surface area contributed by atoms with Crippen molar-refractivity contribution in [2.24, 2.45) is 10.7 Å². The third-order valence-electron chi connectivity index (χ3n) is 2.33. The molecule has 0 bridgehead atoms. The summed E-state index contributed by atoms with van der Waals surface area (Å²) in [6, 6.07) is -0.432. The molecule has 0 aliphatic carbocycles. The smallest absolute Gasteiger partial charge is 0.252 e. The molecule has 0 aromatic rings. The summed E-state index contributed by atoms with van der Waals surface area (Å²) < 4.78 is 0. The van der Waals surface area contributed by atoms with Gasteiger partial charge in [-0.05, 0) is 13.8 Å². The number of carbonyl (C=O) groups is 1. The minimum absolute atomic E-state index is 0. The van der Waals surface area contributed by atoms with Crippen LogP contribution in [0.1, 0.15) is 13.8 Å². The van der Waals surface area contributed by atoms with Crippen molar-refractivity contribution < 1.29 is 4.79 Å². The van der Waals surface area contributed by atoms with Gasteiger partial charge < -0.3 is 16.0 Å². The molecule has 0 spiro atoms. The highest BCUT2D eigenvalue weighted by Crippen LogP contribution is 2.11. The van der Waals surface area contributed by atoms with Crippen LogP contribution in [0.4, 0.5) is 0 Å². The maximum Gasteiger partial charge on any atom is 0.252 e. The number of carbonyl (C=O) groups excluding carboxylic acids is 1. The predicted octanol–water partition coefficient (Wildman–Crippen LogP) is -1.01. The van der Waals surface area contributed by atoms with Crippen LogP contribution in [0, 0.1) is 0 Å². The number of rotatable bonds is 0. The number of allylic oxidation sites excluding steroid dienone is 2. The standard InChI is InChI=1S/C8H13N5O.ClH/c1-3-4(2)11-6-5(10-3)7(14)13-8(9)12-6;/h5,8,10H,9H2,1-2H3,(H,11,12)(H,13,14);1H. The number of nitrogens with one attached hydrogen (secondary N) is 3. The zero-order chi connectivity index (χ0) is 10.3. The second-order valence-corrected chi connectivity index (χ2v) is 3.42. The summed E-state index contributed by atoms with van der Waals surface area (Å²) >= 11 is 0. The lowest BCUT2D eigenvalue weighted by Gasteiger charge is -2.33. The van der Waals surface area contributed by atoms with Crippen LogP contribution in [0.3, 0.4) is 0 Å². The van der Waals surface area contributed by atoms with Crippen LogP contribution in [-0.4, -0.2) is 24.1 Å². The average Bonchev–Trinajstić information content (AvgIpc) is 2.08. The van der Waals surface area contributed by atoms with E-state index >= 15 is 0 Å². The Morgan fingerprint density at radius 3 is 2.60 bits per heavy atom. The lowest BCUT2D eigenvalue weighted by atomic mass is 10.1. The highest BCUT2D eigenvalue weighted by Gasteiger charge is 2.33. The van der Waals surface area contributed by atoms with Gasteiger partial charge in [0.25, 0.3) is 5.91 Å². The summed E-state index contributed by atoms with van der Waals surface area (Å²) in [6.45, 7) is 3.77. The molecule has 5 N–H and O–H groups in total. The second-order valence-electron chi connectivity index (χ2n) is 3.42. The fourth-order valence-electron chi connectivity index (χ4n) is 1.46. The number of nitrogens with zero attached hydrogens (tertiary/aromatic N) is 1. The van der Waals surface area contributed by atoms with E-state index in [1.165, 1.54) is 0 Å². The monoisotopic (exact) mass is 231 g/mol. The van der Waals surface area contributed by atoms with Crippen LogP contribution in [0.2, 0.25) is 0 Å². The van der Waals surface area contributed by atoms with Crippen molar-refractivity contribution >= 4 is 24.1 Å². The number of fused-ring (bicyclic) bond motifs is 1. The van der Waals surface area contributed by atoms with E-state index in [9.17, 15) is 4.79 Å². The van der Waals surface area contributed by atoms with Crippen molar-refractivity contribution in [3.8, 4) is 0 Å². The van der Waals surface area contributed by atoms with Gasteiger partial charge in [-0.25, -0.2) is 4.99 Å². The fraction of sp³-hybridized carbons (Fsp3) is 0.500. The minimum Gasteiger partial charge on any atom is -0.370 e. The molecular weight excluding hydrogens is 218 g/mol. The van der Waals surface area contributed by atoms with E-state index in [0.717, 1.165) is 11.4 Å². The van der Waals surface area contributed by atoms with Crippen molar-refractivity contribution in [3.05, 3.63) is 11.4 Å². The molecule has 2 aliphatic heterocycles. The van der Waals surface area contributed by atoms with Gasteiger partial charge in [0, 0.05) is 5.70 Å². The van der Waals surface area contributed by atoms with Crippen LogP contribution in [0.25, 0.3) is 0 Å². The molecule has 2 rings (SSSR count). The summed E-state index contributed by atoms with van der Waals surface area (Å²) in [6.07, 6.45) is -0.550. The van der Waals surface area contributed by atoms with Crippen LogP contribution in [0.15, 0.2) is 16.4 Å². The van der Waals surface area contributed by atoms with Crippen molar-refractivity contribution in [2.45, 2.75) is 26.2 Å². The molecule has 0 radical (unpaired) electrons. The Morgan fingerprint density at radius 1 is 1.27 bits per heavy atom. The highest BCUT2D eigenvalue weighted by atomic mass is 35.5. The molecule has 7 heteroatoms. The second kappa shape index (κ2) is 4.08. The van der Waals surface area contributed by atoms with E-state index in [1.807, 2.05) is 13.8 Å². The molecule has 2 atom stereocenters. The topological polar surface area (TPSA) is 91.5 Å². The summed E-state index contributed by atoms with van der Waals surface area (Å²) in [5.74, 6) is 0.436. The van der Waals surface area contributed by atoms with Gasteiger partial charge >= 0.3 is 0 Å². The van der Waals surface area contributed by atoms with Crippen LogP contribution < -0.4 is 21.7 Å². The van der Waals surface area contributed by atoms with E-state index in [0.29, 0.717) is 5.84 Å². The number of aliphatic imine (C=N–C) groups is 1. The molecule has 0 aromatic heterocycles. The molecule has 2 heterocycles. The van der Waals surface area contributed by atoms with E-state index in [2.05, 4.69) is 20.9 Å². The molecule has 2 unspecified atom stereocenters. The van der Waals surface area contributed by atoms with Crippen molar-refractivity contribution in [2.75, 3.05) is 0 Å². The Bertz CT molecular complexity index is 351. The first-order valence-electron chi connectivity index (χ1n) is 4.43. The summed E-state index contributed by atoms with van der Waals surface area (Å²) in [7, 11) is 0. The van der Waals surface area contributed by atoms with Gasteiger partial charge in [0.1, 0.15) is 5.84 Å². The van der Waals surface area contributed by atoms with E-state index in [-0.39, 0.29) is 18.3 Å². The first-order chi connectivity index (χ1) is 6.58. The van der Waals surface area contributed by atoms with E-state index in [4.69, 9.17) is 5.73 Å². The van der Waals surface area contributed by atoms with Gasteiger partial charge in [-0.3, -0.25) is 10.5 Å². The van der Waals surface area contributed by atoms with Gasteiger partial charge in [-0.15, -0.1) is 12.4 Å². The average molecular weight is 232 g/mol. The zero-order valence-electron chi connectivity index (χ0n) is 8.50. The van der Waals surface area contributed by atoms with Crippen molar-refractivity contribution in [1.82, 2.24) is 16.0 Å². The fourth-order valence-corrected chi connectivity index (χ4v) is 1.46. The summed E-state index contributed by atoms with van der Waals surface area (Å²) in [5.41, 5.74) is 7.32. The Morgan fingerprint density at radius 2 is 1.93 bits per heavy atom. The first kappa shape index (κ1) is 11.8. The number of amides is 1. The summed E-state index contributed by atoms with van der Waals surface area (Å²) in [4.78, 5) is 15.8. The van der Waals surface area contributed by atoms with Crippen molar-refractivity contribution in [3.63, 3.8) is 0 Å². The van der Waals surface area contributed by atoms with Gasteiger partial charge in [0.2, 0.25) is 0 Å². The predicted molar refractivity (Wildman–Crippen MR) is 59.2 cm³/mol. The van der Waals surface area contributed by atoms with E-state index < -0.39 is 12.3 Å². The first-order valence-corrected chi connectivity index (χ1v) is 4.43. The molecule has 84 valence electrons. The maximum absolute atomic E-state index is 11.5. The molecule has 1 fully saturated rings. The highest BCUT2D eigenvalue weighted by molar-refractivity contribution is 6.10. The maximum atomic E-state index is 11.5. The molecule has 0 saturated carbocycles. The Kier molecular flexibility index (Phi) is 3.21. The van der Waals surface area contributed by atoms with Crippen LogP contribution in [0.5, 0.6) is 0 Å². The summed E-state index contributed by atoms with van der Waals surface area (Å²) in [5, 5.41) is 8.53. The Balaban J connectivity index is 0.00000112. The third kappa shape index (κ3) is 2.05. The van der Waals surface area contributed by atoms with Crippen LogP contribution >= 0.6 is 12.4 Å². The van der Waals surface area contributed by atoms with Gasteiger partial charge in [0.05, 0.1) is 5.70 Å². The Hall–Kier alpha value is -1.27. The van der Waals surface area contributed by atoms with Gasteiger partial charge in [-0.2, -0.15) is 0 Å². The molecule has 0 aromatic carbocycles. The molecule has 2 aliphatic rings. The minimum atomic E-state index is -0.550. The lowest BCUT2D eigenvalue weighted by Crippen LogP contribution is -2.69. The normalized spacial score (nSPS) is 29.0. The lowest BCUT2D eigenvalue weighted by molar-refractivity contribution is -0.123. The number of nitrogens with two attached hydrogens (primary N) is 1. The quantitative estimate of drug-likeness (QED) is 0.430. The number of amidine groups is 1. The van der Waals surface area contributed by atoms with Gasteiger partial charge in [-0.1, -0.05) is 0 Å². The molecule has 15 heavy (non-hydrogen) atoms. The number of halogens is 1. The number of hydrogen-bond acceptors (Lipinski definition) is 5. The molecule has 1 saturated heterocycles. The molecule has 1 amide bonds. The van der Waals surface area contributed by atoms with Crippen molar-refractivity contribution in [1.29, 1.82) is 0 Å². The van der Waals surface area contributed by atoms with Crippen LogP contribution in [-0.2, 0) is 4.79 Å². The SMILES string of the molecule is CC1=C(C)NC2C(=O)NC(N)NC2=N1.Cl. The molecule has 6 nitrogen and oxygen atoms in total. The Labute approximate surface area is 93.8 Å².